The fraction of sp³-hybridized carbons (Fsp3) is 0.222. The Kier molecular flexibility index (Phi) is 6.19. The van der Waals surface area contributed by atoms with Gasteiger partial charge in [-0.05, 0) is 11.6 Å². The molecule has 0 atom stereocenters. The largest absolute Gasteiger partial charge is 0.496 e. The van der Waals surface area contributed by atoms with Crippen molar-refractivity contribution in [3.63, 3.8) is 0 Å². The Balaban J connectivity index is 2.06. The fourth-order valence-electron chi connectivity index (χ4n) is 2.15. The molecule has 0 radical (unpaired) electrons. The van der Waals surface area contributed by atoms with Gasteiger partial charge in [0, 0.05) is 11.6 Å². The molecule has 1 N–H and O–H groups in total. The second kappa shape index (κ2) is 8.57. The van der Waals surface area contributed by atoms with Crippen LogP contribution in [0.15, 0.2) is 47.6 Å². The van der Waals surface area contributed by atoms with Gasteiger partial charge in [-0.25, -0.2) is 5.43 Å². The molecule has 0 aliphatic carbocycles. The van der Waals surface area contributed by atoms with Gasteiger partial charge in [-0.3, -0.25) is 4.79 Å². The first kappa shape index (κ1) is 17.3. The lowest BCUT2D eigenvalue weighted by Gasteiger charge is -2.11. The first-order chi connectivity index (χ1) is 11.7. The number of hydrogen-bond acceptors (Lipinski definition) is 5. The number of rotatable bonds is 7. The molecule has 1 amide bonds. The summed E-state index contributed by atoms with van der Waals surface area (Å²) in [6, 6.07) is 12.9. The van der Waals surface area contributed by atoms with Crippen LogP contribution in [0.2, 0.25) is 0 Å². The van der Waals surface area contributed by atoms with Crippen LogP contribution < -0.4 is 19.6 Å². The summed E-state index contributed by atoms with van der Waals surface area (Å²) in [5, 5.41) is 3.98. The van der Waals surface area contributed by atoms with Gasteiger partial charge in [0.2, 0.25) is 5.91 Å². The van der Waals surface area contributed by atoms with Crippen LogP contribution in [-0.2, 0) is 11.2 Å². The maximum absolute atomic E-state index is 11.9. The molecule has 2 aromatic carbocycles. The first-order valence-corrected chi connectivity index (χ1v) is 7.33. The molecule has 0 saturated carbocycles. The molecular formula is C18H20N2O4. The number of ether oxygens (including phenoxy) is 3. The van der Waals surface area contributed by atoms with E-state index >= 15 is 0 Å². The summed E-state index contributed by atoms with van der Waals surface area (Å²) >= 11 is 0. The minimum absolute atomic E-state index is 0.197. The first-order valence-electron chi connectivity index (χ1n) is 7.33. The molecule has 0 bridgehead atoms. The van der Waals surface area contributed by atoms with E-state index in [9.17, 15) is 4.79 Å². The van der Waals surface area contributed by atoms with Gasteiger partial charge in [0.25, 0.3) is 0 Å². The summed E-state index contributed by atoms with van der Waals surface area (Å²) in [6.07, 6.45) is 1.77. The zero-order valence-electron chi connectivity index (χ0n) is 13.9. The average molecular weight is 328 g/mol. The summed E-state index contributed by atoms with van der Waals surface area (Å²) in [5.74, 6) is 1.47. The number of amides is 1. The van der Waals surface area contributed by atoms with E-state index in [0.29, 0.717) is 22.8 Å². The number of nitrogens with zero attached hydrogens (tertiary/aromatic N) is 1. The minimum atomic E-state index is -0.197. The standard InChI is InChI=1S/C18H20N2O4/c1-22-15-11-17(24-3)16(23-2)10-14(15)12-19-20-18(21)9-13-7-5-4-6-8-13/h4-8,10-12H,9H2,1-3H3,(H,20,21)/b19-12+. The van der Waals surface area contributed by atoms with Gasteiger partial charge in [-0.1, -0.05) is 30.3 Å². The summed E-state index contributed by atoms with van der Waals surface area (Å²) in [5.41, 5.74) is 4.09. The number of carbonyl (C=O) groups is 1. The normalized spacial score (nSPS) is 10.5. The SMILES string of the molecule is COc1cc(OC)c(OC)cc1/C=N/NC(=O)Cc1ccccc1. The fourth-order valence-corrected chi connectivity index (χ4v) is 2.15. The van der Waals surface area contributed by atoms with E-state index in [1.54, 1.807) is 33.5 Å². The van der Waals surface area contributed by atoms with Crippen LogP contribution in [0.1, 0.15) is 11.1 Å². The van der Waals surface area contributed by atoms with Crippen LogP contribution in [0.25, 0.3) is 0 Å². The molecular weight excluding hydrogens is 308 g/mol. The Morgan fingerprint density at radius 2 is 1.62 bits per heavy atom. The van der Waals surface area contributed by atoms with Crippen molar-refractivity contribution in [1.29, 1.82) is 0 Å². The van der Waals surface area contributed by atoms with E-state index in [1.807, 2.05) is 30.3 Å². The third-order valence-corrected chi connectivity index (χ3v) is 3.34. The molecule has 0 aliphatic heterocycles. The average Bonchev–Trinajstić information content (AvgIpc) is 2.62. The van der Waals surface area contributed by atoms with E-state index in [1.165, 1.54) is 6.21 Å². The molecule has 6 nitrogen and oxygen atoms in total. The Labute approximate surface area is 141 Å². The van der Waals surface area contributed by atoms with Crippen molar-refractivity contribution in [3.8, 4) is 17.2 Å². The predicted octanol–water partition coefficient (Wildman–Crippen LogP) is 2.41. The molecule has 0 saturated heterocycles. The molecule has 6 heteroatoms. The van der Waals surface area contributed by atoms with Crippen molar-refractivity contribution in [2.75, 3.05) is 21.3 Å². The molecule has 24 heavy (non-hydrogen) atoms. The smallest absolute Gasteiger partial charge is 0.244 e. The molecule has 0 aliphatic rings. The van der Waals surface area contributed by atoms with Gasteiger partial charge < -0.3 is 14.2 Å². The third-order valence-electron chi connectivity index (χ3n) is 3.34. The van der Waals surface area contributed by atoms with Gasteiger partial charge >= 0.3 is 0 Å². The van der Waals surface area contributed by atoms with Crippen molar-refractivity contribution in [3.05, 3.63) is 53.6 Å². The summed E-state index contributed by atoms with van der Waals surface area (Å²) in [6.45, 7) is 0. The predicted molar refractivity (Wildman–Crippen MR) is 92.0 cm³/mol. The van der Waals surface area contributed by atoms with E-state index in [0.717, 1.165) is 5.56 Å². The van der Waals surface area contributed by atoms with Crippen LogP contribution in [-0.4, -0.2) is 33.5 Å². The van der Waals surface area contributed by atoms with Crippen LogP contribution >= 0.6 is 0 Å². The number of hydrogen-bond donors (Lipinski definition) is 1. The number of nitrogens with one attached hydrogen (secondary N) is 1. The van der Waals surface area contributed by atoms with Crippen molar-refractivity contribution >= 4 is 12.1 Å². The van der Waals surface area contributed by atoms with Crippen molar-refractivity contribution < 1.29 is 19.0 Å². The molecule has 2 aromatic rings. The number of hydrazone groups is 1. The van der Waals surface area contributed by atoms with E-state index in [2.05, 4.69) is 10.5 Å². The van der Waals surface area contributed by atoms with Crippen molar-refractivity contribution in [1.82, 2.24) is 5.43 Å². The maximum atomic E-state index is 11.9. The highest BCUT2D eigenvalue weighted by Crippen LogP contribution is 2.33. The van der Waals surface area contributed by atoms with Gasteiger partial charge in [-0.15, -0.1) is 0 Å². The lowest BCUT2D eigenvalue weighted by Crippen LogP contribution is -2.19. The third kappa shape index (κ3) is 4.49. The van der Waals surface area contributed by atoms with Crippen LogP contribution in [0.5, 0.6) is 17.2 Å². The van der Waals surface area contributed by atoms with E-state index in [4.69, 9.17) is 14.2 Å². The minimum Gasteiger partial charge on any atom is -0.496 e. The summed E-state index contributed by atoms with van der Waals surface area (Å²) in [7, 11) is 4.65. The molecule has 2 rings (SSSR count). The Morgan fingerprint density at radius 1 is 1.00 bits per heavy atom. The topological polar surface area (TPSA) is 69.2 Å². The number of benzene rings is 2. The van der Waals surface area contributed by atoms with Gasteiger partial charge in [-0.2, -0.15) is 5.10 Å². The summed E-state index contributed by atoms with van der Waals surface area (Å²) < 4.78 is 15.8. The van der Waals surface area contributed by atoms with E-state index < -0.39 is 0 Å². The highest BCUT2D eigenvalue weighted by molar-refractivity contribution is 5.87. The monoisotopic (exact) mass is 328 g/mol. The zero-order valence-corrected chi connectivity index (χ0v) is 13.9. The van der Waals surface area contributed by atoms with Crippen LogP contribution in [0, 0.1) is 0 Å². The van der Waals surface area contributed by atoms with Crippen molar-refractivity contribution in [2.24, 2.45) is 5.10 Å². The van der Waals surface area contributed by atoms with Crippen LogP contribution in [0.3, 0.4) is 0 Å². The lowest BCUT2D eigenvalue weighted by molar-refractivity contribution is -0.120. The molecule has 0 fully saturated rings. The lowest BCUT2D eigenvalue weighted by atomic mass is 10.1. The van der Waals surface area contributed by atoms with Crippen molar-refractivity contribution in [2.45, 2.75) is 6.42 Å². The maximum Gasteiger partial charge on any atom is 0.244 e. The molecule has 0 heterocycles. The Morgan fingerprint density at radius 3 is 2.25 bits per heavy atom. The molecule has 0 aromatic heterocycles. The van der Waals surface area contributed by atoms with Gasteiger partial charge in [0.15, 0.2) is 11.5 Å². The summed E-state index contributed by atoms with van der Waals surface area (Å²) in [4.78, 5) is 11.9. The van der Waals surface area contributed by atoms with Gasteiger partial charge in [0.1, 0.15) is 5.75 Å². The van der Waals surface area contributed by atoms with Crippen LogP contribution in [0.4, 0.5) is 0 Å². The van der Waals surface area contributed by atoms with E-state index in [-0.39, 0.29) is 12.3 Å². The van der Waals surface area contributed by atoms with Gasteiger partial charge in [0.05, 0.1) is 34.0 Å². The second-order valence-corrected chi connectivity index (χ2v) is 4.90. The number of methoxy groups -OCH3 is 3. The Hall–Kier alpha value is -3.02. The molecule has 126 valence electrons. The molecule has 0 spiro atoms. The highest BCUT2D eigenvalue weighted by atomic mass is 16.5. The number of carbonyl (C=O) groups excluding carboxylic acids is 1. The quantitative estimate of drug-likeness (QED) is 0.626. The zero-order chi connectivity index (χ0) is 17.4. The Bertz CT molecular complexity index is 714. The molecule has 0 unspecified atom stereocenters. The highest BCUT2D eigenvalue weighted by Gasteiger charge is 2.10. The second-order valence-electron chi connectivity index (χ2n) is 4.90.